The summed E-state index contributed by atoms with van der Waals surface area (Å²) in [4.78, 5) is 18.6. The van der Waals surface area contributed by atoms with E-state index in [4.69, 9.17) is 4.74 Å². The Balaban J connectivity index is 1.25. The Morgan fingerprint density at radius 2 is 1.85 bits per heavy atom. The van der Waals surface area contributed by atoms with Crippen LogP contribution in [0.15, 0.2) is 67.3 Å². The van der Waals surface area contributed by atoms with E-state index >= 15 is 0 Å². The van der Waals surface area contributed by atoms with E-state index in [1.165, 1.54) is 19.2 Å². The molecule has 0 amide bonds. The van der Waals surface area contributed by atoms with Gasteiger partial charge in [-0.1, -0.05) is 0 Å². The minimum Gasteiger partial charge on any atom is -0.497 e. The van der Waals surface area contributed by atoms with Gasteiger partial charge in [0, 0.05) is 83.3 Å². The summed E-state index contributed by atoms with van der Waals surface area (Å²) in [6, 6.07) is 12.2. The Labute approximate surface area is 232 Å². The van der Waals surface area contributed by atoms with Crippen molar-refractivity contribution in [3.05, 3.63) is 78.6 Å². The van der Waals surface area contributed by atoms with Crippen LogP contribution in [0.25, 0.3) is 55.7 Å². The number of nitrogens with one attached hydrogen (secondary N) is 2. The molecule has 1 aromatic carbocycles. The quantitative estimate of drug-likeness (QED) is 0.253. The molecule has 6 aromatic rings. The third kappa shape index (κ3) is 4.78. The number of ether oxygens (including phenoxy) is 1. The van der Waals surface area contributed by atoms with E-state index < -0.39 is 11.7 Å². The van der Waals surface area contributed by atoms with Crippen LogP contribution in [0.3, 0.4) is 0 Å². The Kier molecular flexibility index (Phi) is 5.97. The van der Waals surface area contributed by atoms with Gasteiger partial charge in [-0.25, -0.2) is 18.2 Å². The van der Waals surface area contributed by atoms with Gasteiger partial charge in [-0.15, -0.1) is 0 Å². The van der Waals surface area contributed by atoms with Crippen LogP contribution in [0.2, 0.25) is 0 Å². The maximum atomic E-state index is 14.3. The van der Waals surface area contributed by atoms with Crippen LogP contribution in [-0.4, -0.2) is 61.2 Å². The summed E-state index contributed by atoms with van der Waals surface area (Å²) in [5.41, 5.74) is 6.59. The average molecular weight is 556 g/mol. The molecule has 0 atom stereocenters. The van der Waals surface area contributed by atoms with Crippen LogP contribution in [0.5, 0.6) is 5.75 Å². The fourth-order valence-electron chi connectivity index (χ4n) is 5.43. The van der Waals surface area contributed by atoms with E-state index in [-0.39, 0.29) is 13.0 Å². The monoisotopic (exact) mass is 555 g/mol. The molecule has 0 bridgehead atoms. The highest BCUT2D eigenvalue weighted by atomic mass is 19.3. The zero-order valence-corrected chi connectivity index (χ0v) is 22.0. The summed E-state index contributed by atoms with van der Waals surface area (Å²) in [7, 11) is 1.49. The molecule has 7 rings (SSSR count). The van der Waals surface area contributed by atoms with Crippen LogP contribution >= 0.6 is 0 Å². The van der Waals surface area contributed by atoms with Gasteiger partial charge < -0.3 is 9.72 Å². The van der Waals surface area contributed by atoms with E-state index in [2.05, 4.69) is 30.1 Å². The molecule has 1 saturated heterocycles. The number of benzene rings is 1. The molecule has 1 fully saturated rings. The largest absolute Gasteiger partial charge is 0.497 e. The predicted molar refractivity (Wildman–Crippen MR) is 149 cm³/mol. The predicted octanol–water partition coefficient (Wildman–Crippen LogP) is 6.22. The minimum atomic E-state index is -2.64. The Morgan fingerprint density at radius 1 is 0.976 bits per heavy atom. The highest BCUT2D eigenvalue weighted by molar-refractivity contribution is 6.00. The molecule has 0 saturated carbocycles. The zero-order valence-electron chi connectivity index (χ0n) is 22.0. The minimum absolute atomic E-state index is 0.119. The molecule has 206 valence electrons. The van der Waals surface area contributed by atoms with Crippen LogP contribution < -0.4 is 4.74 Å². The van der Waals surface area contributed by atoms with E-state index in [1.54, 1.807) is 35.8 Å². The fraction of sp³-hybridized carbons (Fsp3) is 0.200. The number of aromatic nitrogens is 6. The van der Waals surface area contributed by atoms with Crippen molar-refractivity contribution in [2.45, 2.75) is 18.9 Å². The molecule has 0 unspecified atom stereocenters. The number of hydrogen-bond acceptors (Lipinski definition) is 6. The van der Waals surface area contributed by atoms with E-state index in [1.807, 2.05) is 24.3 Å². The van der Waals surface area contributed by atoms with Crippen molar-refractivity contribution in [2.24, 2.45) is 0 Å². The number of rotatable bonds is 6. The second-order valence-electron chi connectivity index (χ2n) is 10.3. The smallest absolute Gasteiger partial charge is 0.261 e. The summed E-state index contributed by atoms with van der Waals surface area (Å²) in [5, 5.41) is 9.07. The number of nitrogens with zero attached hydrogens (tertiary/aromatic N) is 5. The summed E-state index contributed by atoms with van der Waals surface area (Å²) >= 11 is 0. The lowest BCUT2D eigenvalue weighted by Gasteiger charge is -2.15. The molecule has 2 N–H and O–H groups in total. The Morgan fingerprint density at radius 3 is 2.68 bits per heavy atom. The van der Waals surface area contributed by atoms with Crippen molar-refractivity contribution in [3.63, 3.8) is 0 Å². The molecule has 11 heteroatoms. The maximum Gasteiger partial charge on any atom is 0.261 e. The molecule has 0 aliphatic carbocycles. The van der Waals surface area contributed by atoms with Crippen LogP contribution in [0, 0.1) is 5.82 Å². The van der Waals surface area contributed by atoms with Gasteiger partial charge in [0.15, 0.2) is 5.65 Å². The summed E-state index contributed by atoms with van der Waals surface area (Å²) in [5.74, 6) is -2.64. The summed E-state index contributed by atoms with van der Waals surface area (Å²) in [6.45, 7) is 0.529. The molecule has 6 heterocycles. The van der Waals surface area contributed by atoms with Gasteiger partial charge in [-0.3, -0.25) is 20.0 Å². The van der Waals surface area contributed by atoms with Crippen molar-refractivity contribution in [1.82, 2.24) is 35.0 Å². The van der Waals surface area contributed by atoms with Crippen LogP contribution in [-0.2, 0) is 6.54 Å². The standard InChI is InChI=1S/C30H24F3N7O/c1-41-22-8-18(7-21(31)10-22)27-23-11-26(37-25(23)2-4-35-27)28-24-9-20(14-36-29(24)39-38-28)19-6-17(12-34-13-19)15-40-5-3-30(32,33)16-40/h2,4,6-14,37H,3,5,15-16H2,1H3,(H,36,38,39). The number of fused-ring (bicyclic) bond motifs is 2. The fourth-order valence-corrected chi connectivity index (χ4v) is 5.43. The van der Waals surface area contributed by atoms with E-state index in [9.17, 15) is 13.2 Å². The van der Waals surface area contributed by atoms with Crippen LogP contribution in [0.1, 0.15) is 12.0 Å². The molecule has 0 radical (unpaired) electrons. The lowest BCUT2D eigenvalue weighted by Crippen LogP contribution is -2.24. The molecule has 41 heavy (non-hydrogen) atoms. The second kappa shape index (κ2) is 9.70. The lowest BCUT2D eigenvalue weighted by molar-refractivity contribution is 0.0115. The highest BCUT2D eigenvalue weighted by Gasteiger charge is 2.37. The van der Waals surface area contributed by atoms with Gasteiger partial charge in [-0.2, -0.15) is 5.10 Å². The summed E-state index contributed by atoms with van der Waals surface area (Å²) < 4.78 is 46.8. The number of aromatic amines is 2. The van der Waals surface area contributed by atoms with Gasteiger partial charge >= 0.3 is 0 Å². The van der Waals surface area contributed by atoms with Gasteiger partial charge in [0.25, 0.3) is 5.92 Å². The van der Waals surface area contributed by atoms with Crippen molar-refractivity contribution in [1.29, 1.82) is 0 Å². The highest BCUT2D eigenvalue weighted by Crippen LogP contribution is 2.35. The normalized spacial score (nSPS) is 15.2. The lowest BCUT2D eigenvalue weighted by atomic mass is 10.0. The number of pyridine rings is 3. The average Bonchev–Trinajstić information content (AvgIpc) is 3.68. The molecular weight excluding hydrogens is 531 g/mol. The second-order valence-corrected chi connectivity index (χ2v) is 10.3. The van der Waals surface area contributed by atoms with Crippen molar-refractivity contribution >= 4 is 21.9 Å². The first-order valence-electron chi connectivity index (χ1n) is 13.1. The Bertz CT molecular complexity index is 1920. The third-order valence-electron chi connectivity index (χ3n) is 7.39. The van der Waals surface area contributed by atoms with Crippen molar-refractivity contribution < 1.29 is 17.9 Å². The van der Waals surface area contributed by atoms with E-state index in [0.717, 1.165) is 44.4 Å². The molecule has 1 aliphatic heterocycles. The summed E-state index contributed by atoms with van der Waals surface area (Å²) in [6.07, 6.45) is 6.72. The van der Waals surface area contributed by atoms with Gasteiger partial charge in [0.05, 0.1) is 30.7 Å². The molecule has 1 aliphatic rings. The SMILES string of the molecule is COc1cc(F)cc(-c2nccc3[nH]c(-c4[nH]nc5ncc(-c6cncc(CN7CCC(F)(F)C7)c6)cc45)cc23)c1. The van der Waals surface area contributed by atoms with E-state index in [0.29, 0.717) is 35.7 Å². The maximum absolute atomic E-state index is 14.3. The number of H-pyrrole nitrogens is 2. The van der Waals surface area contributed by atoms with Crippen LogP contribution in [0.4, 0.5) is 13.2 Å². The molecule has 0 spiro atoms. The van der Waals surface area contributed by atoms with Gasteiger partial charge in [-0.05, 0) is 42.0 Å². The molecular formula is C30H24F3N7O. The third-order valence-corrected chi connectivity index (χ3v) is 7.39. The first kappa shape index (κ1) is 25.2. The topological polar surface area (TPSA) is 95.6 Å². The number of hydrogen-bond donors (Lipinski definition) is 2. The first-order chi connectivity index (χ1) is 19.8. The van der Waals surface area contributed by atoms with Gasteiger partial charge in [0.2, 0.25) is 0 Å². The van der Waals surface area contributed by atoms with Gasteiger partial charge in [0.1, 0.15) is 11.6 Å². The number of halogens is 3. The number of likely N-dealkylation sites (tertiary alicyclic amines) is 1. The van der Waals surface area contributed by atoms with Crippen molar-refractivity contribution in [3.8, 4) is 39.5 Å². The zero-order chi connectivity index (χ0) is 28.1. The molecule has 5 aromatic heterocycles. The van der Waals surface area contributed by atoms with Crippen molar-refractivity contribution in [2.75, 3.05) is 20.2 Å². The number of methoxy groups -OCH3 is 1. The number of alkyl halides is 2. The first-order valence-corrected chi connectivity index (χ1v) is 13.1. The molecule has 8 nitrogen and oxygen atoms in total. The Hall–Kier alpha value is -4.77.